The Hall–Kier alpha value is -4.35. The second-order valence-electron chi connectivity index (χ2n) is 8.00. The Labute approximate surface area is 207 Å². The topological polar surface area (TPSA) is 153 Å². The summed E-state index contributed by atoms with van der Waals surface area (Å²) in [4.78, 5) is 50.0. The molecule has 0 unspecified atom stereocenters. The van der Waals surface area contributed by atoms with Gasteiger partial charge in [0.25, 0.3) is 5.91 Å². The molecule has 0 radical (unpaired) electrons. The van der Waals surface area contributed by atoms with Gasteiger partial charge in [0, 0.05) is 26.2 Å². The fourth-order valence-electron chi connectivity index (χ4n) is 4.04. The van der Waals surface area contributed by atoms with Crippen LogP contribution in [0.15, 0.2) is 28.7 Å². The van der Waals surface area contributed by atoms with E-state index < -0.39 is 11.9 Å². The number of aryl methyl sites for hydroxylation is 1. The molecule has 1 aromatic carbocycles. The zero-order valence-corrected chi connectivity index (χ0v) is 20.4. The number of furan rings is 1. The lowest BCUT2D eigenvalue weighted by Gasteiger charge is -2.35. The molecule has 36 heavy (non-hydrogen) atoms. The number of nitrogens with zero attached hydrogens (tertiary/aromatic N) is 4. The predicted octanol–water partition coefficient (Wildman–Crippen LogP) is 2.83. The number of ether oxygens (including phenoxy) is 2. The van der Waals surface area contributed by atoms with Crippen molar-refractivity contribution >= 4 is 46.5 Å². The van der Waals surface area contributed by atoms with Gasteiger partial charge in [-0.2, -0.15) is 0 Å². The van der Waals surface area contributed by atoms with Gasteiger partial charge in [0.05, 0.1) is 24.2 Å². The number of benzene rings is 1. The van der Waals surface area contributed by atoms with Crippen LogP contribution in [0.2, 0.25) is 0 Å². The number of esters is 1. The van der Waals surface area contributed by atoms with Crippen LogP contribution in [0.3, 0.4) is 0 Å². The number of rotatable bonds is 7. The summed E-state index contributed by atoms with van der Waals surface area (Å²) in [6, 6.07) is 7.35. The monoisotopic (exact) mass is 496 g/mol. The molecule has 1 aliphatic rings. The SMILES string of the molecule is CCOC(=O)c1c(C)oc(Nc2nc3ccccc3nc2N2CCN(C(=O)OCC)CC2)c1C(N)=O. The summed E-state index contributed by atoms with van der Waals surface area (Å²) in [5.41, 5.74) is 6.74. The van der Waals surface area contributed by atoms with Crippen molar-refractivity contribution in [2.45, 2.75) is 20.8 Å². The molecule has 3 N–H and O–H groups in total. The van der Waals surface area contributed by atoms with Gasteiger partial charge < -0.3 is 34.7 Å². The largest absolute Gasteiger partial charge is 0.462 e. The third-order valence-electron chi connectivity index (χ3n) is 5.70. The molecule has 1 aliphatic heterocycles. The number of hydrogen-bond donors (Lipinski definition) is 2. The van der Waals surface area contributed by atoms with E-state index in [0.29, 0.717) is 55.5 Å². The van der Waals surface area contributed by atoms with Gasteiger partial charge in [0.2, 0.25) is 5.88 Å². The molecule has 3 heterocycles. The quantitative estimate of drug-likeness (QED) is 0.467. The van der Waals surface area contributed by atoms with E-state index in [4.69, 9.17) is 29.6 Å². The van der Waals surface area contributed by atoms with Crippen LogP contribution in [0, 0.1) is 6.92 Å². The molecule has 190 valence electrons. The van der Waals surface area contributed by atoms with Gasteiger partial charge in [0.1, 0.15) is 16.9 Å². The zero-order chi connectivity index (χ0) is 25.8. The van der Waals surface area contributed by atoms with E-state index >= 15 is 0 Å². The van der Waals surface area contributed by atoms with E-state index in [9.17, 15) is 14.4 Å². The number of nitrogens with two attached hydrogens (primary N) is 1. The number of primary amides is 1. The maximum atomic E-state index is 12.5. The minimum absolute atomic E-state index is 0.0287. The normalized spacial score (nSPS) is 13.5. The first-order valence-electron chi connectivity index (χ1n) is 11.6. The van der Waals surface area contributed by atoms with Gasteiger partial charge in [0.15, 0.2) is 11.6 Å². The highest BCUT2D eigenvalue weighted by Gasteiger charge is 2.30. The summed E-state index contributed by atoms with van der Waals surface area (Å²) in [6.07, 6.45) is -0.358. The van der Waals surface area contributed by atoms with Crippen LogP contribution in [-0.4, -0.2) is 72.2 Å². The van der Waals surface area contributed by atoms with Crippen LogP contribution in [-0.2, 0) is 9.47 Å². The smallest absolute Gasteiger partial charge is 0.409 e. The van der Waals surface area contributed by atoms with E-state index in [1.54, 1.807) is 25.7 Å². The summed E-state index contributed by atoms with van der Waals surface area (Å²) in [7, 11) is 0. The Morgan fingerprint density at radius 1 is 1.00 bits per heavy atom. The average molecular weight is 497 g/mol. The Balaban J connectivity index is 1.72. The lowest BCUT2D eigenvalue weighted by Crippen LogP contribution is -2.49. The van der Waals surface area contributed by atoms with Crippen molar-refractivity contribution in [1.82, 2.24) is 14.9 Å². The highest BCUT2D eigenvalue weighted by atomic mass is 16.6. The highest BCUT2D eigenvalue weighted by molar-refractivity contribution is 6.09. The molecule has 3 aromatic rings. The maximum Gasteiger partial charge on any atom is 0.409 e. The Morgan fingerprint density at radius 3 is 2.25 bits per heavy atom. The maximum absolute atomic E-state index is 12.5. The number of carbonyl (C=O) groups is 3. The number of hydrogen-bond acceptors (Lipinski definition) is 10. The molecule has 2 amide bonds. The number of carbonyl (C=O) groups excluding carboxylic acids is 3. The number of piperazine rings is 1. The lowest BCUT2D eigenvalue weighted by molar-refractivity contribution is 0.0521. The van der Waals surface area contributed by atoms with E-state index in [-0.39, 0.29) is 35.5 Å². The minimum Gasteiger partial charge on any atom is -0.462 e. The standard InChI is InChI=1S/C24H28N6O6/c1-4-34-23(32)17-14(3)36-22(18(17)19(25)31)28-20-21(27-16-9-7-6-8-15(16)26-20)29-10-12-30(13-11-29)24(33)35-5-2/h6-9H,4-5,10-13H2,1-3H3,(H2,25,31)(H,26,28). The molecular formula is C24H28N6O6. The van der Waals surface area contributed by atoms with Crippen molar-refractivity contribution in [3.63, 3.8) is 0 Å². The summed E-state index contributed by atoms with van der Waals surface area (Å²) >= 11 is 0. The average Bonchev–Trinajstić information content (AvgIpc) is 3.20. The van der Waals surface area contributed by atoms with E-state index in [0.717, 1.165) is 0 Å². The van der Waals surface area contributed by atoms with Crippen molar-refractivity contribution in [1.29, 1.82) is 0 Å². The minimum atomic E-state index is -0.851. The summed E-state index contributed by atoms with van der Waals surface area (Å²) in [5.74, 6) is -0.595. The van der Waals surface area contributed by atoms with Crippen molar-refractivity contribution in [2.75, 3.05) is 49.6 Å². The first-order chi connectivity index (χ1) is 17.3. The summed E-state index contributed by atoms with van der Waals surface area (Å²) in [6.45, 7) is 7.24. The molecule has 0 aliphatic carbocycles. The van der Waals surface area contributed by atoms with Crippen LogP contribution in [0.4, 0.5) is 22.3 Å². The first kappa shape index (κ1) is 24.8. The number of nitrogens with one attached hydrogen (secondary N) is 1. The van der Waals surface area contributed by atoms with Gasteiger partial charge in [-0.15, -0.1) is 0 Å². The van der Waals surface area contributed by atoms with Crippen molar-refractivity contribution in [3.8, 4) is 0 Å². The zero-order valence-electron chi connectivity index (χ0n) is 20.4. The molecule has 0 saturated carbocycles. The molecule has 2 aromatic heterocycles. The van der Waals surface area contributed by atoms with E-state index in [1.807, 2.05) is 29.2 Å². The van der Waals surface area contributed by atoms with Gasteiger partial charge in [-0.05, 0) is 32.9 Å². The molecule has 0 atom stereocenters. The van der Waals surface area contributed by atoms with Crippen LogP contribution in [0.25, 0.3) is 11.0 Å². The number of aromatic nitrogens is 2. The number of anilines is 3. The molecule has 12 heteroatoms. The number of amides is 2. The van der Waals surface area contributed by atoms with Gasteiger partial charge in [-0.3, -0.25) is 4.79 Å². The highest BCUT2D eigenvalue weighted by Crippen LogP contribution is 2.34. The third-order valence-corrected chi connectivity index (χ3v) is 5.70. The molecular weight excluding hydrogens is 468 g/mol. The molecule has 0 spiro atoms. The Bertz CT molecular complexity index is 1300. The van der Waals surface area contributed by atoms with Crippen LogP contribution in [0.1, 0.15) is 40.3 Å². The molecule has 4 rings (SSSR count). The second-order valence-corrected chi connectivity index (χ2v) is 8.00. The van der Waals surface area contributed by atoms with Crippen LogP contribution < -0.4 is 16.0 Å². The number of para-hydroxylation sites is 2. The third kappa shape index (κ3) is 4.88. The van der Waals surface area contributed by atoms with Crippen molar-refractivity contribution < 1.29 is 28.3 Å². The molecule has 12 nitrogen and oxygen atoms in total. The van der Waals surface area contributed by atoms with Gasteiger partial charge >= 0.3 is 12.1 Å². The van der Waals surface area contributed by atoms with E-state index in [1.165, 1.54) is 0 Å². The van der Waals surface area contributed by atoms with Crippen LogP contribution >= 0.6 is 0 Å². The first-order valence-corrected chi connectivity index (χ1v) is 11.6. The Morgan fingerprint density at radius 2 is 1.64 bits per heavy atom. The van der Waals surface area contributed by atoms with Crippen LogP contribution in [0.5, 0.6) is 0 Å². The fraction of sp³-hybridized carbons (Fsp3) is 0.375. The van der Waals surface area contributed by atoms with Crippen molar-refractivity contribution in [3.05, 3.63) is 41.2 Å². The van der Waals surface area contributed by atoms with Gasteiger partial charge in [-0.1, -0.05) is 12.1 Å². The van der Waals surface area contributed by atoms with Gasteiger partial charge in [-0.25, -0.2) is 19.6 Å². The predicted molar refractivity (Wildman–Crippen MR) is 132 cm³/mol. The summed E-state index contributed by atoms with van der Waals surface area (Å²) in [5, 5.41) is 3.03. The number of fused-ring (bicyclic) bond motifs is 1. The molecule has 0 bridgehead atoms. The molecule has 1 saturated heterocycles. The molecule has 1 fully saturated rings. The second kappa shape index (κ2) is 10.5. The Kier molecular flexibility index (Phi) is 7.23. The fourth-order valence-corrected chi connectivity index (χ4v) is 4.04. The van der Waals surface area contributed by atoms with Crippen molar-refractivity contribution in [2.24, 2.45) is 5.73 Å². The lowest BCUT2D eigenvalue weighted by atomic mass is 10.1. The van der Waals surface area contributed by atoms with E-state index in [2.05, 4.69) is 5.32 Å². The summed E-state index contributed by atoms with van der Waals surface area (Å²) < 4.78 is 15.9.